The second kappa shape index (κ2) is 8.84. The van der Waals surface area contributed by atoms with Gasteiger partial charge in [-0.25, -0.2) is 0 Å². The van der Waals surface area contributed by atoms with Crippen LogP contribution in [0.2, 0.25) is 5.02 Å². The highest BCUT2D eigenvalue weighted by atomic mass is 35.5. The van der Waals surface area contributed by atoms with Gasteiger partial charge in [-0.05, 0) is 42.8 Å². The van der Waals surface area contributed by atoms with Gasteiger partial charge in [0, 0.05) is 5.02 Å². The number of anilines is 1. The second-order valence-corrected chi connectivity index (χ2v) is 6.56. The van der Waals surface area contributed by atoms with E-state index in [-0.39, 0.29) is 6.42 Å². The molecule has 7 nitrogen and oxygen atoms in total. The Hall–Kier alpha value is -2.93. The average Bonchev–Trinajstić information content (AvgIpc) is 2.68. The molecule has 28 heavy (non-hydrogen) atoms. The highest BCUT2D eigenvalue weighted by Crippen LogP contribution is 2.31. The lowest BCUT2D eigenvalue weighted by molar-refractivity contribution is -0.152. The number of nitrogens with one attached hydrogen (secondary N) is 1. The Morgan fingerprint density at radius 3 is 2.64 bits per heavy atom. The first-order valence-electron chi connectivity index (χ1n) is 8.68. The smallest absolute Gasteiger partial charge is 0.311 e. The van der Waals surface area contributed by atoms with Crippen molar-refractivity contribution in [3.63, 3.8) is 0 Å². The SMILES string of the molecule is COc1ccc(Cl)cc1NC(=O)[C@@H](C)OC(=O)Cc1ccc2c(c1)OCCO2. The van der Waals surface area contributed by atoms with Crippen LogP contribution in [-0.2, 0) is 20.7 Å². The highest BCUT2D eigenvalue weighted by Gasteiger charge is 2.20. The van der Waals surface area contributed by atoms with Crippen LogP contribution < -0.4 is 19.5 Å². The van der Waals surface area contributed by atoms with Crippen molar-refractivity contribution in [2.45, 2.75) is 19.4 Å². The van der Waals surface area contributed by atoms with Crippen molar-refractivity contribution >= 4 is 29.2 Å². The number of halogens is 1. The fraction of sp³-hybridized carbons (Fsp3) is 0.300. The summed E-state index contributed by atoms with van der Waals surface area (Å²) in [5.41, 5.74) is 1.10. The quantitative estimate of drug-likeness (QED) is 0.743. The predicted molar refractivity (Wildman–Crippen MR) is 103 cm³/mol. The second-order valence-electron chi connectivity index (χ2n) is 6.12. The molecule has 1 atom stereocenters. The van der Waals surface area contributed by atoms with Gasteiger partial charge in [0.15, 0.2) is 17.6 Å². The van der Waals surface area contributed by atoms with Crippen LogP contribution in [0.1, 0.15) is 12.5 Å². The van der Waals surface area contributed by atoms with E-state index in [4.69, 9.17) is 30.5 Å². The summed E-state index contributed by atoms with van der Waals surface area (Å²) in [6.45, 7) is 2.46. The van der Waals surface area contributed by atoms with Gasteiger partial charge in [-0.2, -0.15) is 0 Å². The van der Waals surface area contributed by atoms with Crippen LogP contribution in [0.3, 0.4) is 0 Å². The maximum absolute atomic E-state index is 12.3. The van der Waals surface area contributed by atoms with E-state index >= 15 is 0 Å². The number of benzene rings is 2. The number of methoxy groups -OCH3 is 1. The van der Waals surface area contributed by atoms with Crippen LogP contribution >= 0.6 is 11.6 Å². The molecule has 0 saturated carbocycles. The molecule has 8 heteroatoms. The van der Waals surface area contributed by atoms with Crippen LogP contribution in [-0.4, -0.2) is 38.3 Å². The summed E-state index contributed by atoms with van der Waals surface area (Å²) in [7, 11) is 1.48. The van der Waals surface area contributed by atoms with Crippen molar-refractivity contribution in [3.8, 4) is 17.2 Å². The molecule has 2 aromatic rings. The summed E-state index contributed by atoms with van der Waals surface area (Å²) < 4.78 is 21.4. The van der Waals surface area contributed by atoms with E-state index in [0.717, 1.165) is 0 Å². The first-order chi connectivity index (χ1) is 13.5. The van der Waals surface area contributed by atoms with Gasteiger partial charge in [0.25, 0.3) is 5.91 Å². The van der Waals surface area contributed by atoms with Gasteiger partial charge in [-0.3, -0.25) is 9.59 Å². The van der Waals surface area contributed by atoms with E-state index in [1.807, 2.05) is 0 Å². The molecule has 0 spiro atoms. The van der Waals surface area contributed by atoms with E-state index in [1.165, 1.54) is 14.0 Å². The van der Waals surface area contributed by atoms with Gasteiger partial charge >= 0.3 is 5.97 Å². The molecule has 148 valence electrons. The van der Waals surface area contributed by atoms with E-state index in [1.54, 1.807) is 36.4 Å². The minimum atomic E-state index is -0.992. The Morgan fingerprint density at radius 1 is 1.14 bits per heavy atom. The Balaban J connectivity index is 1.58. The summed E-state index contributed by atoms with van der Waals surface area (Å²) in [6.07, 6.45) is -0.984. The topological polar surface area (TPSA) is 83.1 Å². The zero-order valence-corrected chi connectivity index (χ0v) is 16.2. The number of carbonyl (C=O) groups excluding carboxylic acids is 2. The Labute approximate surface area is 167 Å². The number of fused-ring (bicyclic) bond motifs is 1. The Kier molecular flexibility index (Phi) is 6.26. The summed E-state index contributed by atoms with van der Waals surface area (Å²) in [5.74, 6) is 0.669. The van der Waals surface area contributed by atoms with Gasteiger partial charge in [0.1, 0.15) is 19.0 Å². The zero-order valence-electron chi connectivity index (χ0n) is 15.5. The third kappa shape index (κ3) is 4.86. The number of esters is 1. The molecular weight excluding hydrogens is 386 g/mol. The maximum atomic E-state index is 12.3. The minimum Gasteiger partial charge on any atom is -0.495 e. The molecule has 0 fully saturated rings. The van der Waals surface area contributed by atoms with Gasteiger partial charge in [-0.15, -0.1) is 0 Å². The van der Waals surface area contributed by atoms with Crippen molar-refractivity contribution in [2.75, 3.05) is 25.6 Å². The molecule has 0 aliphatic carbocycles. The van der Waals surface area contributed by atoms with Crippen molar-refractivity contribution in [1.29, 1.82) is 0 Å². The average molecular weight is 406 g/mol. The number of amides is 1. The van der Waals surface area contributed by atoms with Crippen molar-refractivity contribution < 1.29 is 28.5 Å². The predicted octanol–water partition coefficient (Wildman–Crippen LogP) is 3.23. The van der Waals surface area contributed by atoms with Crippen molar-refractivity contribution in [2.24, 2.45) is 0 Å². The first-order valence-corrected chi connectivity index (χ1v) is 9.06. The molecule has 3 rings (SSSR count). The number of carbonyl (C=O) groups is 2. The largest absolute Gasteiger partial charge is 0.495 e. The van der Waals surface area contributed by atoms with Gasteiger partial charge in [0.05, 0.1) is 19.2 Å². The third-order valence-electron chi connectivity index (χ3n) is 4.05. The first kappa shape index (κ1) is 19.8. The third-order valence-corrected chi connectivity index (χ3v) is 4.29. The lowest BCUT2D eigenvalue weighted by Gasteiger charge is -2.19. The fourth-order valence-electron chi connectivity index (χ4n) is 2.67. The van der Waals surface area contributed by atoms with E-state index in [9.17, 15) is 9.59 Å². The number of rotatable bonds is 6. The molecule has 2 aromatic carbocycles. The molecule has 1 N–H and O–H groups in total. The normalized spacial score (nSPS) is 13.4. The molecule has 1 amide bonds. The van der Waals surface area contributed by atoms with Gasteiger partial charge in [0.2, 0.25) is 0 Å². The van der Waals surface area contributed by atoms with Crippen LogP contribution in [0.15, 0.2) is 36.4 Å². The highest BCUT2D eigenvalue weighted by molar-refractivity contribution is 6.31. The molecule has 0 aromatic heterocycles. The van der Waals surface area contributed by atoms with E-state index in [2.05, 4.69) is 5.32 Å². The van der Waals surface area contributed by atoms with Crippen LogP contribution in [0.4, 0.5) is 5.69 Å². The molecular formula is C20H20ClNO6. The fourth-order valence-corrected chi connectivity index (χ4v) is 2.84. The van der Waals surface area contributed by atoms with Crippen LogP contribution in [0.25, 0.3) is 0 Å². The summed E-state index contributed by atoms with van der Waals surface area (Å²) in [6, 6.07) is 10.1. The van der Waals surface area contributed by atoms with E-state index < -0.39 is 18.0 Å². The molecule has 0 radical (unpaired) electrons. The van der Waals surface area contributed by atoms with Crippen molar-refractivity contribution in [1.82, 2.24) is 0 Å². The lowest BCUT2D eigenvalue weighted by Crippen LogP contribution is -2.30. The molecule has 0 saturated heterocycles. The Morgan fingerprint density at radius 2 is 1.89 bits per heavy atom. The number of ether oxygens (including phenoxy) is 4. The van der Waals surface area contributed by atoms with Crippen molar-refractivity contribution in [3.05, 3.63) is 47.0 Å². The molecule has 1 aliphatic heterocycles. The van der Waals surface area contributed by atoms with E-state index in [0.29, 0.717) is 46.7 Å². The molecule has 0 unspecified atom stereocenters. The molecule has 1 aliphatic rings. The maximum Gasteiger partial charge on any atom is 0.311 e. The number of hydrogen-bond acceptors (Lipinski definition) is 6. The van der Waals surface area contributed by atoms with Gasteiger partial charge < -0.3 is 24.3 Å². The zero-order chi connectivity index (χ0) is 20.1. The van der Waals surface area contributed by atoms with Gasteiger partial charge in [-0.1, -0.05) is 17.7 Å². The summed E-state index contributed by atoms with van der Waals surface area (Å²) in [4.78, 5) is 24.6. The summed E-state index contributed by atoms with van der Waals surface area (Å²) >= 11 is 5.95. The van der Waals surface area contributed by atoms with Crippen LogP contribution in [0, 0.1) is 0 Å². The molecule has 1 heterocycles. The Bertz CT molecular complexity index is 885. The monoisotopic (exact) mass is 405 g/mol. The molecule has 0 bridgehead atoms. The minimum absolute atomic E-state index is 0.00868. The number of hydrogen-bond donors (Lipinski definition) is 1. The van der Waals surface area contributed by atoms with Crippen LogP contribution in [0.5, 0.6) is 17.2 Å². The standard InChI is InChI=1S/C20H20ClNO6/c1-12(20(24)22-15-11-14(21)4-6-16(15)25-2)28-19(23)10-13-3-5-17-18(9-13)27-8-7-26-17/h3-6,9,11-12H,7-8,10H2,1-2H3,(H,22,24)/t12-/m1/s1. The lowest BCUT2D eigenvalue weighted by atomic mass is 10.1. The summed E-state index contributed by atoms with van der Waals surface area (Å²) in [5, 5.41) is 3.09.